The van der Waals surface area contributed by atoms with Gasteiger partial charge < -0.3 is 9.64 Å². The van der Waals surface area contributed by atoms with Crippen LogP contribution in [0.5, 0.6) is 5.75 Å². The Labute approximate surface area is 144 Å². The lowest BCUT2D eigenvalue weighted by atomic mass is 9.93. The molecule has 4 heteroatoms. The fourth-order valence-electron chi connectivity index (χ4n) is 4.49. The van der Waals surface area contributed by atoms with Crippen molar-refractivity contribution in [3.8, 4) is 5.75 Å². The van der Waals surface area contributed by atoms with E-state index in [4.69, 9.17) is 4.74 Å². The Morgan fingerprint density at radius 1 is 1.08 bits per heavy atom. The molecule has 1 aromatic carbocycles. The van der Waals surface area contributed by atoms with Crippen molar-refractivity contribution in [1.82, 2.24) is 9.80 Å². The molecule has 128 valence electrons. The van der Waals surface area contributed by atoms with Gasteiger partial charge in [-0.25, -0.2) is 0 Å². The Kier molecular flexibility index (Phi) is 4.31. The van der Waals surface area contributed by atoms with Crippen LogP contribution >= 0.6 is 0 Å². The minimum Gasteiger partial charge on any atom is -0.497 e. The Hall–Kier alpha value is -1.81. The van der Waals surface area contributed by atoms with Crippen LogP contribution in [0.2, 0.25) is 0 Å². The van der Waals surface area contributed by atoms with Crippen molar-refractivity contribution in [3.05, 3.63) is 42.0 Å². The van der Waals surface area contributed by atoms with Crippen LogP contribution < -0.4 is 4.74 Å². The van der Waals surface area contributed by atoms with E-state index >= 15 is 0 Å². The van der Waals surface area contributed by atoms with E-state index in [1.165, 1.54) is 19.4 Å². The number of benzene rings is 1. The zero-order valence-corrected chi connectivity index (χ0v) is 14.4. The number of allylic oxidation sites excluding steroid dienone is 2. The summed E-state index contributed by atoms with van der Waals surface area (Å²) < 4.78 is 5.16. The number of carbonyl (C=O) groups excluding carboxylic acids is 1. The van der Waals surface area contributed by atoms with E-state index < -0.39 is 0 Å². The second-order valence-electron chi connectivity index (χ2n) is 7.36. The van der Waals surface area contributed by atoms with Gasteiger partial charge in [0.1, 0.15) is 5.75 Å². The first-order valence-electron chi connectivity index (χ1n) is 9.07. The molecule has 2 fully saturated rings. The van der Waals surface area contributed by atoms with Crippen LogP contribution in [-0.4, -0.2) is 55.5 Å². The van der Waals surface area contributed by atoms with Gasteiger partial charge in [0.05, 0.1) is 7.11 Å². The number of nitrogens with zero attached hydrogens (tertiary/aromatic N) is 2. The van der Waals surface area contributed by atoms with Gasteiger partial charge in [0, 0.05) is 38.3 Å². The number of hydrogen-bond donors (Lipinski definition) is 0. The third kappa shape index (κ3) is 3.07. The number of amides is 1. The average Bonchev–Trinajstić information content (AvgIpc) is 3.25. The van der Waals surface area contributed by atoms with Gasteiger partial charge in [0.15, 0.2) is 0 Å². The lowest BCUT2D eigenvalue weighted by molar-refractivity contribution is 0.0610. The zero-order chi connectivity index (χ0) is 16.5. The molecule has 0 radical (unpaired) electrons. The second kappa shape index (κ2) is 6.60. The molecule has 2 aliphatic carbocycles. The van der Waals surface area contributed by atoms with Gasteiger partial charge in [-0.3, -0.25) is 9.69 Å². The van der Waals surface area contributed by atoms with Crippen LogP contribution in [0.15, 0.2) is 36.4 Å². The van der Waals surface area contributed by atoms with Gasteiger partial charge in [-0.2, -0.15) is 0 Å². The highest BCUT2D eigenvalue weighted by Gasteiger charge is 2.36. The Bertz CT molecular complexity index is 617. The molecule has 3 atom stereocenters. The van der Waals surface area contributed by atoms with Gasteiger partial charge >= 0.3 is 0 Å². The molecule has 0 aromatic heterocycles. The quantitative estimate of drug-likeness (QED) is 0.798. The summed E-state index contributed by atoms with van der Waals surface area (Å²) in [7, 11) is 1.64. The molecular formula is C20H26N2O2. The molecule has 0 spiro atoms. The number of rotatable bonds is 4. The van der Waals surface area contributed by atoms with E-state index in [-0.39, 0.29) is 5.91 Å². The molecule has 3 aliphatic rings. The third-order valence-electron chi connectivity index (χ3n) is 5.91. The second-order valence-corrected chi connectivity index (χ2v) is 7.36. The summed E-state index contributed by atoms with van der Waals surface area (Å²) in [5.74, 6) is 3.42. The van der Waals surface area contributed by atoms with Crippen molar-refractivity contribution >= 4 is 5.91 Å². The molecule has 1 amide bonds. The highest BCUT2D eigenvalue weighted by molar-refractivity contribution is 5.94. The number of fused-ring (bicyclic) bond motifs is 2. The molecule has 0 N–H and O–H groups in total. The average molecular weight is 326 g/mol. The molecular weight excluding hydrogens is 300 g/mol. The van der Waals surface area contributed by atoms with E-state index in [2.05, 4.69) is 17.1 Å². The third-order valence-corrected chi connectivity index (χ3v) is 5.91. The predicted molar refractivity (Wildman–Crippen MR) is 94.2 cm³/mol. The molecule has 1 saturated heterocycles. The maximum atomic E-state index is 12.6. The molecule has 4 rings (SSSR count). The lowest BCUT2D eigenvalue weighted by Gasteiger charge is -2.37. The number of piperazine rings is 1. The highest BCUT2D eigenvalue weighted by Crippen LogP contribution is 2.43. The topological polar surface area (TPSA) is 32.8 Å². The van der Waals surface area contributed by atoms with Crippen LogP contribution in [0.4, 0.5) is 0 Å². The van der Waals surface area contributed by atoms with Crippen molar-refractivity contribution in [2.75, 3.05) is 39.8 Å². The molecule has 0 unspecified atom stereocenters. The van der Waals surface area contributed by atoms with E-state index in [0.29, 0.717) is 0 Å². The van der Waals surface area contributed by atoms with Gasteiger partial charge in [0.25, 0.3) is 5.91 Å². The Morgan fingerprint density at radius 3 is 2.42 bits per heavy atom. The van der Waals surface area contributed by atoms with E-state index in [0.717, 1.165) is 55.2 Å². The monoisotopic (exact) mass is 326 g/mol. The predicted octanol–water partition coefficient (Wildman–Crippen LogP) is 2.67. The van der Waals surface area contributed by atoms with E-state index in [1.54, 1.807) is 7.11 Å². The first-order valence-corrected chi connectivity index (χ1v) is 9.07. The molecule has 1 saturated carbocycles. The number of carbonyl (C=O) groups is 1. The van der Waals surface area contributed by atoms with Crippen LogP contribution in [0.1, 0.15) is 23.2 Å². The Balaban J connectivity index is 1.29. The summed E-state index contributed by atoms with van der Waals surface area (Å²) in [5.41, 5.74) is 0.752. The van der Waals surface area contributed by atoms with E-state index in [9.17, 15) is 4.79 Å². The van der Waals surface area contributed by atoms with Crippen molar-refractivity contribution in [2.45, 2.75) is 12.8 Å². The summed E-state index contributed by atoms with van der Waals surface area (Å²) in [6, 6.07) is 7.42. The summed E-state index contributed by atoms with van der Waals surface area (Å²) in [4.78, 5) is 17.1. The van der Waals surface area contributed by atoms with Crippen LogP contribution in [0.25, 0.3) is 0 Å². The van der Waals surface area contributed by atoms with E-state index in [1.807, 2.05) is 29.2 Å². The van der Waals surface area contributed by atoms with Crippen molar-refractivity contribution < 1.29 is 9.53 Å². The summed E-state index contributed by atoms with van der Waals surface area (Å²) >= 11 is 0. The molecule has 24 heavy (non-hydrogen) atoms. The first kappa shape index (κ1) is 15.7. The molecule has 1 aromatic rings. The van der Waals surface area contributed by atoms with Crippen LogP contribution in [0.3, 0.4) is 0 Å². The van der Waals surface area contributed by atoms with Crippen LogP contribution in [0, 0.1) is 17.8 Å². The number of ether oxygens (including phenoxy) is 1. The Morgan fingerprint density at radius 2 is 1.83 bits per heavy atom. The summed E-state index contributed by atoms with van der Waals surface area (Å²) in [6.45, 7) is 4.87. The minimum absolute atomic E-state index is 0.139. The fraction of sp³-hybridized carbons (Fsp3) is 0.550. The van der Waals surface area contributed by atoms with Crippen molar-refractivity contribution in [1.29, 1.82) is 0 Å². The molecule has 1 heterocycles. The van der Waals surface area contributed by atoms with Gasteiger partial charge in [0.2, 0.25) is 0 Å². The smallest absolute Gasteiger partial charge is 0.253 e. The van der Waals surface area contributed by atoms with Crippen LogP contribution in [-0.2, 0) is 0 Å². The highest BCUT2D eigenvalue weighted by atomic mass is 16.5. The lowest BCUT2D eigenvalue weighted by Crippen LogP contribution is -2.50. The first-order chi connectivity index (χ1) is 11.7. The molecule has 1 aliphatic heterocycles. The summed E-state index contributed by atoms with van der Waals surface area (Å²) in [6.07, 6.45) is 7.58. The van der Waals surface area contributed by atoms with Gasteiger partial charge in [-0.15, -0.1) is 0 Å². The summed E-state index contributed by atoms with van der Waals surface area (Å²) in [5, 5.41) is 0. The van der Waals surface area contributed by atoms with Gasteiger partial charge in [-0.05, 0) is 54.9 Å². The molecule has 2 bridgehead atoms. The van der Waals surface area contributed by atoms with Crippen molar-refractivity contribution in [3.63, 3.8) is 0 Å². The number of methoxy groups -OCH3 is 1. The maximum absolute atomic E-state index is 12.6. The molecule has 4 nitrogen and oxygen atoms in total. The minimum atomic E-state index is 0.139. The van der Waals surface area contributed by atoms with Crippen molar-refractivity contribution in [2.24, 2.45) is 17.8 Å². The van der Waals surface area contributed by atoms with Gasteiger partial charge in [-0.1, -0.05) is 12.2 Å². The zero-order valence-electron chi connectivity index (χ0n) is 14.4. The maximum Gasteiger partial charge on any atom is 0.253 e. The SMILES string of the molecule is COc1ccc(C(=O)N2CCN(C[C@@H]3C[C@@H]4C=C[C@H]3C4)CC2)cc1. The largest absolute Gasteiger partial charge is 0.497 e. The standard InChI is InChI=1S/C20H26N2O2/c1-24-19-6-4-16(5-7-19)20(23)22-10-8-21(9-11-22)14-18-13-15-2-3-17(18)12-15/h2-7,15,17-18H,8-14H2,1H3/t15-,17+,18+/m1/s1. The normalized spacial score (nSPS) is 29.2. The number of hydrogen-bond acceptors (Lipinski definition) is 3. The fourth-order valence-corrected chi connectivity index (χ4v) is 4.49.